The van der Waals surface area contributed by atoms with E-state index in [0.29, 0.717) is 28.1 Å². The maximum atomic E-state index is 12.4. The Kier molecular flexibility index (Phi) is 5.46. The van der Waals surface area contributed by atoms with E-state index in [1.807, 2.05) is 30.3 Å². The first-order chi connectivity index (χ1) is 16.5. The zero-order chi connectivity index (χ0) is 23.7. The maximum absolute atomic E-state index is 12.4. The lowest BCUT2D eigenvalue weighted by Gasteiger charge is -2.12. The van der Waals surface area contributed by atoms with E-state index in [1.165, 1.54) is 0 Å². The highest BCUT2D eigenvalue weighted by Gasteiger charge is 2.35. The van der Waals surface area contributed by atoms with Gasteiger partial charge in [0.1, 0.15) is 17.0 Å². The number of aryl methyl sites for hydroxylation is 1. The quantitative estimate of drug-likeness (QED) is 0.302. The summed E-state index contributed by atoms with van der Waals surface area (Å²) in [5.41, 5.74) is 2.61. The number of aromatic nitrogens is 3. The molecule has 1 aliphatic rings. The summed E-state index contributed by atoms with van der Waals surface area (Å²) < 4.78 is 16.2. The van der Waals surface area contributed by atoms with Gasteiger partial charge in [0, 0.05) is 12.1 Å². The molecule has 0 saturated carbocycles. The van der Waals surface area contributed by atoms with Crippen LogP contribution < -0.4 is 0 Å². The highest BCUT2D eigenvalue weighted by molar-refractivity contribution is 6.21. The van der Waals surface area contributed by atoms with Crippen molar-refractivity contribution >= 4 is 17.8 Å². The van der Waals surface area contributed by atoms with Crippen molar-refractivity contribution in [2.24, 2.45) is 0 Å². The summed E-state index contributed by atoms with van der Waals surface area (Å²) in [4.78, 5) is 38.0. The summed E-state index contributed by atoms with van der Waals surface area (Å²) in [7, 11) is 0. The van der Waals surface area contributed by atoms with Crippen molar-refractivity contribution in [3.05, 3.63) is 77.4 Å². The van der Waals surface area contributed by atoms with Crippen LogP contribution in [-0.4, -0.2) is 44.6 Å². The molecule has 0 N–H and O–H groups in total. The van der Waals surface area contributed by atoms with Gasteiger partial charge >= 0.3 is 5.97 Å². The molecule has 34 heavy (non-hydrogen) atoms. The lowest BCUT2D eigenvalue weighted by Crippen LogP contribution is -2.32. The summed E-state index contributed by atoms with van der Waals surface area (Å²) in [6.45, 7) is 1.40. The average molecular weight is 458 g/mol. The highest BCUT2D eigenvalue weighted by Crippen LogP contribution is 2.33. The largest absolute Gasteiger partial charge is 0.456 e. The van der Waals surface area contributed by atoms with Crippen LogP contribution in [0.15, 0.2) is 63.5 Å². The smallest absolute Gasteiger partial charge is 0.308 e. The number of benzene rings is 2. The van der Waals surface area contributed by atoms with E-state index >= 15 is 0 Å². The second kappa shape index (κ2) is 8.74. The molecular weight excluding hydrogens is 440 g/mol. The SMILES string of the molecule is Cc1onc(-c2ccccc2)c1-c1nnc(COC(=O)CCN2C(=O)c3ccccc3C2=O)o1. The lowest BCUT2D eigenvalue weighted by molar-refractivity contribution is -0.145. The minimum Gasteiger partial charge on any atom is -0.456 e. The molecule has 4 aromatic rings. The van der Waals surface area contributed by atoms with Crippen LogP contribution >= 0.6 is 0 Å². The summed E-state index contributed by atoms with van der Waals surface area (Å²) in [6.07, 6.45) is -0.157. The molecule has 0 saturated heterocycles. The van der Waals surface area contributed by atoms with Crippen LogP contribution in [-0.2, 0) is 16.1 Å². The zero-order valence-electron chi connectivity index (χ0n) is 18.1. The summed E-state index contributed by atoms with van der Waals surface area (Å²) in [5.74, 6) is -0.672. The van der Waals surface area contributed by atoms with Gasteiger partial charge in [0.2, 0.25) is 0 Å². The molecule has 0 radical (unpaired) electrons. The fraction of sp³-hybridized carbons (Fsp3) is 0.167. The molecule has 10 nitrogen and oxygen atoms in total. The molecule has 170 valence electrons. The molecule has 0 bridgehead atoms. The van der Waals surface area contributed by atoms with Gasteiger partial charge in [-0.25, -0.2) is 0 Å². The number of imide groups is 1. The van der Waals surface area contributed by atoms with Gasteiger partial charge in [-0.05, 0) is 19.1 Å². The molecule has 10 heteroatoms. The van der Waals surface area contributed by atoms with Crippen molar-refractivity contribution in [1.82, 2.24) is 20.3 Å². The Morgan fingerprint density at radius 2 is 1.65 bits per heavy atom. The number of nitrogens with zero attached hydrogens (tertiary/aromatic N) is 4. The number of hydrogen-bond donors (Lipinski definition) is 0. The lowest BCUT2D eigenvalue weighted by atomic mass is 10.1. The molecule has 2 aromatic carbocycles. The zero-order valence-corrected chi connectivity index (χ0v) is 18.1. The topological polar surface area (TPSA) is 129 Å². The molecular formula is C24H18N4O6. The summed E-state index contributed by atoms with van der Waals surface area (Å²) >= 11 is 0. The fourth-order valence-corrected chi connectivity index (χ4v) is 3.69. The first kappa shape index (κ1) is 21.3. The predicted octanol–water partition coefficient (Wildman–Crippen LogP) is 3.43. The van der Waals surface area contributed by atoms with Crippen LogP contribution in [0.1, 0.15) is 38.8 Å². The molecule has 0 unspecified atom stereocenters. The van der Waals surface area contributed by atoms with Gasteiger partial charge in [-0.15, -0.1) is 10.2 Å². The Labute approximate surface area is 193 Å². The molecule has 2 amide bonds. The van der Waals surface area contributed by atoms with Gasteiger partial charge in [-0.1, -0.05) is 47.6 Å². The number of amides is 2. The molecule has 0 aliphatic carbocycles. The number of ether oxygens (including phenoxy) is 1. The first-order valence-corrected chi connectivity index (χ1v) is 10.5. The normalized spacial score (nSPS) is 12.8. The molecule has 1 aliphatic heterocycles. The van der Waals surface area contributed by atoms with E-state index in [0.717, 1.165) is 10.5 Å². The summed E-state index contributed by atoms with van der Waals surface area (Å²) in [5, 5.41) is 12.0. The van der Waals surface area contributed by atoms with Gasteiger partial charge in [0.15, 0.2) is 6.61 Å². The van der Waals surface area contributed by atoms with E-state index in [1.54, 1.807) is 31.2 Å². The molecule has 3 heterocycles. The molecule has 2 aromatic heterocycles. The van der Waals surface area contributed by atoms with Gasteiger partial charge in [-0.3, -0.25) is 19.3 Å². The van der Waals surface area contributed by atoms with E-state index in [4.69, 9.17) is 13.7 Å². The molecule has 0 spiro atoms. The van der Waals surface area contributed by atoms with Crippen molar-refractivity contribution in [1.29, 1.82) is 0 Å². The summed E-state index contributed by atoms with van der Waals surface area (Å²) in [6, 6.07) is 16.0. The third-order valence-corrected chi connectivity index (χ3v) is 5.37. The Morgan fingerprint density at radius 1 is 0.971 bits per heavy atom. The number of rotatable bonds is 7. The number of fused-ring (bicyclic) bond motifs is 1. The van der Waals surface area contributed by atoms with Crippen LogP contribution in [0.4, 0.5) is 0 Å². The standard InChI is InChI=1S/C24H18N4O6/c1-14-20(21(27-34-14)15-7-3-2-4-8-15)22-26-25-18(33-22)13-32-19(29)11-12-28-23(30)16-9-5-6-10-17(16)24(28)31/h2-10H,11-13H2,1H3. The number of esters is 1. The number of carbonyl (C=O) groups excluding carboxylic acids is 3. The fourth-order valence-electron chi connectivity index (χ4n) is 3.69. The van der Waals surface area contributed by atoms with E-state index < -0.39 is 17.8 Å². The van der Waals surface area contributed by atoms with Crippen molar-refractivity contribution in [3.63, 3.8) is 0 Å². The highest BCUT2D eigenvalue weighted by atomic mass is 16.5. The predicted molar refractivity (Wildman–Crippen MR) is 116 cm³/mol. The third kappa shape index (κ3) is 3.85. The molecule has 5 rings (SSSR count). The van der Waals surface area contributed by atoms with Gasteiger partial charge in [0.05, 0.1) is 17.5 Å². The van der Waals surface area contributed by atoms with Crippen LogP contribution in [0, 0.1) is 6.92 Å². The van der Waals surface area contributed by atoms with Gasteiger partial charge in [0.25, 0.3) is 23.6 Å². The van der Waals surface area contributed by atoms with Crippen LogP contribution in [0.5, 0.6) is 0 Å². The minimum absolute atomic E-state index is 0.0828. The van der Waals surface area contributed by atoms with Crippen molar-refractivity contribution in [2.45, 2.75) is 20.0 Å². The van der Waals surface area contributed by atoms with E-state index in [-0.39, 0.29) is 31.4 Å². The molecule has 0 fully saturated rings. The number of carbonyl (C=O) groups is 3. The monoisotopic (exact) mass is 458 g/mol. The van der Waals surface area contributed by atoms with Gasteiger partial charge < -0.3 is 13.7 Å². The Morgan fingerprint density at radius 3 is 2.35 bits per heavy atom. The van der Waals surface area contributed by atoms with Crippen molar-refractivity contribution < 1.29 is 28.1 Å². The Balaban J connectivity index is 1.20. The van der Waals surface area contributed by atoms with Crippen molar-refractivity contribution in [3.8, 4) is 22.7 Å². The third-order valence-electron chi connectivity index (χ3n) is 5.37. The second-order valence-electron chi connectivity index (χ2n) is 7.55. The van der Waals surface area contributed by atoms with Crippen molar-refractivity contribution in [2.75, 3.05) is 6.54 Å². The minimum atomic E-state index is -0.609. The Bertz CT molecular complexity index is 1360. The van der Waals surface area contributed by atoms with E-state index in [9.17, 15) is 14.4 Å². The van der Waals surface area contributed by atoms with Crippen LogP contribution in [0.25, 0.3) is 22.7 Å². The first-order valence-electron chi connectivity index (χ1n) is 10.5. The van der Waals surface area contributed by atoms with Crippen LogP contribution in [0.2, 0.25) is 0 Å². The van der Waals surface area contributed by atoms with Gasteiger partial charge in [-0.2, -0.15) is 0 Å². The van der Waals surface area contributed by atoms with Crippen LogP contribution in [0.3, 0.4) is 0 Å². The Hall–Kier alpha value is -4.60. The maximum Gasteiger partial charge on any atom is 0.308 e. The number of hydrogen-bond acceptors (Lipinski definition) is 9. The molecule has 0 atom stereocenters. The van der Waals surface area contributed by atoms with E-state index in [2.05, 4.69) is 15.4 Å². The average Bonchev–Trinajstić information content (AvgIpc) is 3.54. The second-order valence-corrected chi connectivity index (χ2v) is 7.55.